The molecule has 0 saturated heterocycles. The Bertz CT molecular complexity index is 526. The van der Waals surface area contributed by atoms with E-state index in [-0.39, 0.29) is 6.42 Å². The maximum absolute atomic E-state index is 13.4. The molecule has 13 heteroatoms. The van der Waals surface area contributed by atoms with Crippen molar-refractivity contribution in [3.8, 4) is 0 Å². The van der Waals surface area contributed by atoms with Crippen molar-refractivity contribution in [1.82, 2.24) is 5.32 Å². The second kappa shape index (κ2) is 10.7. The lowest BCUT2D eigenvalue weighted by Gasteiger charge is -2.35. The Hall–Kier alpha value is -0.690. The average Bonchev–Trinajstić information content (AvgIpc) is 2.49. The van der Waals surface area contributed by atoms with Gasteiger partial charge in [-0.05, 0) is 20.5 Å². The summed E-state index contributed by atoms with van der Waals surface area (Å²) in [6.45, 7) is 1.85. The third-order valence-electron chi connectivity index (χ3n) is 3.39. The molecular weight excluding hydrogens is 414 g/mol. The SMILES string of the molecule is CCCCCCCCC(F)(F)C(F)(F)C(F)(F)C(F)(F)S(=O)(=O)O.CNC. The Morgan fingerprint density at radius 2 is 1.15 bits per heavy atom. The van der Waals surface area contributed by atoms with Gasteiger partial charge in [-0.25, -0.2) is 0 Å². The van der Waals surface area contributed by atoms with Crippen LogP contribution in [0.3, 0.4) is 0 Å². The average molecular weight is 439 g/mol. The number of hydrogen-bond acceptors (Lipinski definition) is 3. The van der Waals surface area contributed by atoms with Gasteiger partial charge in [-0.1, -0.05) is 39.0 Å². The topological polar surface area (TPSA) is 66.4 Å². The first-order valence-corrected chi connectivity index (χ1v) is 9.48. The summed E-state index contributed by atoms with van der Waals surface area (Å²) < 4.78 is 134. The van der Waals surface area contributed by atoms with Crippen molar-refractivity contribution >= 4 is 10.1 Å². The van der Waals surface area contributed by atoms with E-state index in [4.69, 9.17) is 4.55 Å². The third kappa shape index (κ3) is 7.00. The van der Waals surface area contributed by atoms with Gasteiger partial charge in [0.05, 0.1) is 0 Å². The van der Waals surface area contributed by atoms with Gasteiger partial charge in [-0.3, -0.25) is 4.55 Å². The molecule has 0 aliphatic carbocycles. The zero-order valence-electron chi connectivity index (χ0n) is 15.1. The molecule has 0 saturated carbocycles. The Balaban J connectivity index is 0. The Morgan fingerprint density at radius 1 is 0.778 bits per heavy atom. The minimum absolute atomic E-state index is 0.00800. The molecule has 166 valence electrons. The van der Waals surface area contributed by atoms with Crippen molar-refractivity contribution in [2.45, 2.75) is 74.9 Å². The number of alkyl halides is 8. The molecule has 0 spiro atoms. The molecule has 0 atom stereocenters. The van der Waals surface area contributed by atoms with Gasteiger partial charge in [0.2, 0.25) is 0 Å². The fraction of sp³-hybridized carbons (Fsp3) is 1.00. The van der Waals surface area contributed by atoms with Gasteiger partial charge in [0.25, 0.3) is 0 Å². The van der Waals surface area contributed by atoms with Crippen LogP contribution in [0.1, 0.15) is 51.9 Å². The van der Waals surface area contributed by atoms with E-state index in [2.05, 4.69) is 5.32 Å². The van der Waals surface area contributed by atoms with Gasteiger partial charge in [0.15, 0.2) is 0 Å². The van der Waals surface area contributed by atoms with Crippen LogP contribution in [0, 0.1) is 0 Å². The second-order valence-corrected chi connectivity index (χ2v) is 7.33. The molecule has 0 rings (SSSR count). The molecule has 27 heavy (non-hydrogen) atoms. The predicted octanol–water partition coefficient (Wildman–Crippen LogP) is 4.96. The van der Waals surface area contributed by atoms with E-state index >= 15 is 0 Å². The lowest BCUT2D eigenvalue weighted by Crippen LogP contribution is -2.64. The zero-order chi connectivity index (χ0) is 22.2. The number of rotatable bonds is 11. The lowest BCUT2D eigenvalue weighted by atomic mass is 9.98. The highest BCUT2D eigenvalue weighted by atomic mass is 32.2. The Morgan fingerprint density at radius 3 is 1.52 bits per heavy atom. The molecule has 0 radical (unpaired) electrons. The number of halogens is 8. The fourth-order valence-corrected chi connectivity index (χ4v) is 2.31. The van der Waals surface area contributed by atoms with Crippen molar-refractivity contribution in [3.63, 3.8) is 0 Å². The van der Waals surface area contributed by atoms with Gasteiger partial charge in [-0.2, -0.15) is 43.5 Å². The minimum Gasteiger partial charge on any atom is -0.323 e. The first-order chi connectivity index (χ1) is 12.0. The van der Waals surface area contributed by atoms with Crippen LogP contribution < -0.4 is 5.32 Å². The van der Waals surface area contributed by atoms with Crippen molar-refractivity contribution in [1.29, 1.82) is 0 Å². The summed E-state index contributed by atoms with van der Waals surface area (Å²) in [6.07, 6.45) is 0.0634. The van der Waals surface area contributed by atoms with Gasteiger partial charge in [-0.15, -0.1) is 0 Å². The van der Waals surface area contributed by atoms with E-state index in [0.717, 1.165) is 12.8 Å². The summed E-state index contributed by atoms with van der Waals surface area (Å²) in [5, 5.41) is -4.02. The predicted molar refractivity (Wildman–Crippen MR) is 84.3 cm³/mol. The van der Waals surface area contributed by atoms with E-state index in [1.54, 1.807) is 0 Å². The molecule has 0 aromatic rings. The van der Waals surface area contributed by atoms with Crippen LogP contribution in [0.2, 0.25) is 0 Å². The highest BCUT2D eigenvalue weighted by Crippen LogP contribution is 2.55. The fourth-order valence-electron chi connectivity index (χ4n) is 1.86. The molecule has 0 amide bonds. The van der Waals surface area contributed by atoms with E-state index in [1.165, 1.54) is 0 Å². The van der Waals surface area contributed by atoms with Crippen molar-refractivity contribution in [2.24, 2.45) is 0 Å². The van der Waals surface area contributed by atoms with Gasteiger partial charge >= 0.3 is 33.1 Å². The maximum Gasteiger partial charge on any atom is 0.438 e. The zero-order valence-corrected chi connectivity index (χ0v) is 16.0. The Labute approximate surface area is 153 Å². The van der Waals surface area contributed by atoms with Crippen LogP contribution in [-0.4, -0.2) is 50.1 Å². The van der Waals surface area contributed by atoms with Crippen LogP contribution >= 0.6 is 0 Å². The summed E-state index contributed by atoms with van der Waals surface area (Å²) in [4.78, 5) is 0. The van der Waals surface area contributed by atoms with Crippen LogP contribution in [0.15, 0.2) is 0 Å². The second-order valence-electron chi connectivity index (χ2n) is 5.86. The third-order valence-corrected chi connectivity index (χ3v) is 4.29. The summed E-state index contributed by atoms with van der Waals surface area (Å²) in [7, 11) is -3.29. The first kappa shape index (κ1) is 28.5. The normalized spacial score (nSPS) is 13.9. The molecule has 0 fully saturated rings. The molecule has 0 aliphatic heterocycles. The van der Waals surface area contributed by atoms with Gasteiger partial charge in [0.1, 0.15) is 0 Å². The molecular formula is C14H25F8NO3S. The highest BCUT2D eigenvalue weighted by Gasteiger charge is 2.84. The summed E-state index contributed by atoms with van der Waals surface area (Å²) >= 11 is 0. The molecule has 0 heterocycles. The minimum atomic E-state index is -7.04. The van der Waals surface area contributed by atoms with E-state index in [9.17, 15) is 43.5 Å². The molecule has 0 unspecified atom stereocenters. The summed E-state index contributed by atoms with van der Waals surface area (Å²) in [6, 6.07) is 0. The summed E-state index contributed by atoms with van der Waals surface area (Å²) in [5.41, 5.74) is 0. The van der Waals surface area contributed by atoms with Crippen molar-refractivity contribution < 1.29 is 48.1 Å². The largest absolute Gasteiger partial charge is 0.438 e. The van der Waals surface area contributed by atoms with Gasteiger partial charge < -0.3 is 5.32 Å². The molecule has 0 aromatic carbocycles. The number of unbranched alkanes of at least 4 members (excludes halogenated alkanes) is 5. The van der Waals surface area contributed by atoms with E-state index in [0.29, 0.717) is 12.8 Å². The van der Waals surface area contributed by atoms with Crippen LogP contribution in [0.4, 0.5) is 35.1 Å². The van der Waals surface area contributed by atoms with Gasteiger partial charge in [0, 0.05) is 6.42 Å². The van der Waals surface area contributed by atoms with Crippen LogP contribution in [0.25, 0.3) is 0 Å². The smallest absolute Gasteiger partial charge is 0.323 e. The molecule has 0 aliphatic rings. The van der Waals surface area contributed by atoms with E-state index in [1.807, 2.05) is 21.0 Å². The number of nitrogens with one attached hydrogen (secondary N) is 1. The first-order valence-electron chi connectivity index (χ1n) is 8.04. The molecule has 0 bridgehead atoms. The number of hydrogen-bond donors (Lipinski definition) is 2. The molecule has 2 N–H and O–H groups in total. The lowest BCUT2D eigenvalue weighted by molar-refractivity contribution is -0.349. The summed E-state index contributed by atoms with van der Waals surface area (Å²) in [5.74, 6) is -19.3. The maximum atomic E-state index is 13.4. The molecule has 0 aromatic heterocycles. The standard InChI is InChI=1S/C12H18F8O3S.C2H7N/c1-2-3-4-5-6-7-8-9(13,14)10(15,16)11(17,18)12(19,20)24(21,22)23;1-3-2/h2-8H2,1H3,(H,21,22,23);3H,1-2H3. The van der Waals surface area contributed by atoms with Crippen molar-refractivity contribution in [3.05, 3.63) is 0 Å². The quantitative estimate of drug-likeness (QED) is 0.271. The van der Waals surface area contributed by atoms with Crippen LogP contribution in [0.5, 0.6) is 0 Å². The van der Waals surface area contributed by atoms with Crippen LogP contribution in [-0.2, 0) is 10.1 Å². The monoisotopic (exact) mass is 439 g/mol. The van der Waals surface area contributed by atoms with Crippen molar-refractivity contribution in [2.75, 3.05) is 14.1 Å². The Kier molecular flexibility index (Phi) is 11.3. The van der Waals surface area contributed by atoms with E-state index < -0.39 is 46.0 Å². The molecule has 4 nitrogen and oxygen atoms in total. The highest BCUT2D eigenvalue weighted by molar-refractivity contribution is 7.87.